The predicted molar refractivity (Wildman–Crippen MR) is 116 cm³/mol. The predicted octanol–water partition coefficient (Wildman–Crippen LogP) is 2.84. The van der Waals surface area contributed by atoms with Crippen LogP contribution < -0.4 is 10.2 Å². The molecule has 2 aromatic rings. The summed E-state index contributed by atoms with van der Waals surface area (Å²) < 4.78 is 0. The molecule has 1 saturated heterocycles. The Bertz CT molecular complexity index is 770. The van der Waals surface area contributed by atoms with E-state index in [1.54, 1.807) is 0 Å². The topological polar surface area (TPSA) is 38.8 Å². The van der Waals surface area contributed by atoms with Crippen molar-refractivity contribution in [3.63, 3.8) is 0 Å². The standard InChI is InChI=1S/C22H29ClN4O/c1-25(2)21-8-6-18(7-9-21)15-24-22(28)17-27-12-10-26(11-13-27)16-19-4-3-5-20(23)14-19/h3-9,14H,10-13,15-17H2,1-2H3,(H,24,28). The van der Waals surface area contributed by atoms with E-state index >= 15 is 0 Å². The van der Waals surface area contributed by atoms with Crippen LogP contribution in [0.4, 0.5) is 5.69 Å². The smallest absolute Gasteiger partial charge is 0.234 e. The first-order valence-electron chi connectivity index (χ1n) is 9.72. The molecule has 1 heterocycles. The normalized spacial score (nSPS) is 15.4. The van der Waals surface area contributed by atoms with E-state index in [2.05, 4.69) is 50.3 Å². The van der Waals surface area contributed by atoms with Crippen molar-refractivity contribution in [2.24, 2.45) is 0 Å². The van der Waals surface area contributed by atoms with Crippen LogP contribution in [0.3, 0.4) is 0 Å². The summed E-state index contributed by atoms with van der Waals surface area (Å²) in [7, 11) is 4.04. The highest BCUT2D eigenvalue weighted by molar-refractivity contribution is 6.30. The number of nitrogens with one attached hydrogen (secondary N) is 1. The number of hydrogen-bond donors (Lipinski definition) is 1. The Labute approximate surface area is 172 Å². The molecule has 1 fully saturated rings. The highest BCUT2D eigenvalue weighted by atomic mass is 35.5. The lowest BCUT2D eigenvalue weighted by atomic mass is 10.2. The van der Waals surface area contributed by atoms with E-state index in [1.165, 1.54) is 5.56 Å². The fourth-order valence-corrected chi connectivity index (χ4v) is 3.58. The van der Waals surface area contributed by atoms with Gasteiger partial charge in [0, 0.05) is 64.1 Å². The number of benzene rings is 2. The van der Waals surface area contributed by atoms with Gasteiger partial charge in [0.1, 0.15) is 0 Å². The van der Waals surface area contributed by atoms with Crippen LogP contribution in [0.5, 0.6) is 0 Å². The molecule has 0 bridgehead atoms. The molecule has 1 aliphatic rings. The molecule has 0 radical (unpaired) electrons. The zero-order chi connectivity index (χ0) is 19.9. The maximum Gasteiger partial charge on any atom is 0.234 e. The summed E-state index contributed by atoms with van der Waals surface area (Å²) in [6, 6.07) is 16.3. The number of halogens is 1. The molecule has 0 aromatic heterocycles. The van der Waals surface area contributed by atoms with Gasteiger partial charge >= 0.3 is 0 Å². The van der Waals surface area contributed by atoms with Crippen molar-refractivity contribution in [3.8, 4) is 0 Å². The lowest BCUT2D eigenvalue weighted by molar-refractivity contribution is -0.122. The molecule has 2 aromatic carbocycles. The van der Waals surface area contributed by atoms with E-state index in [9.17, 15) is 4.79 Å². The minimum absolute atomic E-state index is 0.0833. The van der Waals surface area contributed by atoms with Gasteiger partial charge in [-0.05, 0) is 35.4 Å². The molecule has 0 atom stereocenters. The largest absolute Gasteiger partial charge is 0.378 e. The molecule has 6 heteroatoms. The van der Waals surface area contributed by atoms with Crippen molar-refractivity contribution in [1.29, 1.82) is 0 Å². The van der Waals surface area contributed by atoms with Crippen LogP contribution in [0.2, 0.25) is 5.02 Å². The van der Waals surface area contributed by atoms with Crippen molar-refractivity contribution in [3.05, 3.63) is 64.7 Å². The van der Waals surface area contributed by atoms with Gasteiger partial charge in [-0.25, -0.2) is 0 Å². The van der Waals surface area contributed by atoms with Crippen LogP contribution in [-0.4, -0.2) is 62.5 Å². The monoisotopic (exact) mass is 400 g/mol. The Hall–Kier alpha value is -2.08. The molecular weight excluding hydrogens is 372 g/mol. The number of rotatable bonds is 7. The fourth-order valence-electron chi connectivity index (χ4n) is 3.37. The summed E-state index contributed by atoms with van der Waals surface area (Å²) in [5.41, 5.74) is 3.51. The first-order chi connectivity index (χ1) is 13.5. The third kappa shape index (κ3) is 6.23. The van der Waals surface area contributed by atoms with Gasteiger partial charge in [-0.3, -0.25) is 14.6 Å². The molecule has 1 aliphatic heterocycles. The molecule has 3 rings (SSSR count). The van der Waals surface area contributed by atoms with Crippen LogP contribution in [-0.2, 0) is 17.9 Å². The van der Waals surface area contributed by atoms with Gasteiger partial charge in [0.25, 0.3) is 0 Å². The third-order valence-corrected chi connectivity index (χ3v) is 5.30. The average molecular weight is 401 g/mol. The summed E-state index contributed by atoms with van der Waals surface area (Å²) in [5.74, 6) is 0.0833. The number of carbonyl (C=O) groups is 1. The Morgan fingerprint density at radius 1 is 1.00 bits per heavy atom. The van der Waals surface area contributed by atoms with E-state index in [1.807, 2.05) is 32.3 Å². The van der Waals surface area contributed by atoms with Gasteiger partial charge in [0.05, 0.1) is 6.54 Å². The zero-order valence-electron chi connectivity index (χ0n) is 16.7. The Balaban J connectivity index is 1.37. The zero-order valence-corrected chi connectivity index (χ0v) is 17.5. The second kappa shape index (κ2) is 9.92. The molecule has 0 aliphatic carbocycles. The minimum atomic E-state index is 0.0833. The van der Waals surface area contributed by atoms with E-state index < -0.39 is 0 Å². The van der Waals surface area contributed by atoms with Gasteiger partial charge in [-0.15, -0.1) is 0 Å². The van der Waals surface area contributed by atoms with E-state index in [4.69, 9.17) is 11.6 Å². The van der Waals surface area contributed by atoms with Gasteiger partial charge in [-0.1, -0.05) is 35.9 Å². The average Bonchev–Trinajstić information content (AvgIpc) is 2.68. The number of hydrogen-bond acceptors (Lipinski definition) is 4. The molecule has 5 nitrogen and oxygen atoms in total. The Morgan fingerprint density at radius 2 is 1.68 bits per heavy atom. The molecule has 150 valence electrons. The van der Waals surface area contributed by atoms with Gasteiger partial charge < -0.3 is 10.2 Å². The van der Waals surface area contributed by atoms with Crippen LogP contribution in [0.15, 0.2) is 48.5 Å². The van der Waals surface area contributed by atoms with Gasteiger partial charge in [0.2, 0.25) is 5.91 Å². The number of anilines is 1. The lowest BCUT2D eigenvalue weighted by Crippen LogP contribution is -2.49. The number of amides is 1. The van der Waals surface area contributed by atoms with Crippen molar-refractivity contribution in [2.45, 2.75) is 13.1 Å². The summed E-state index contributed by atoms with van der Waals surface area (Å²) in [5, 5.41) is 3.81. The SMILES string of the molecule is CN(C)c1ccc(CNC(=O)CN2CCN(Cc3cccc(Cl)c3)CC2)cc1. The van der Waals surface area contributed by atoms with E-state index in [0.717, 1.165) is 49.0 Å². The number of nitrogens with zero attached hydrogens (tertiary/aromatic N) is 3. The Kier molecular flexibility index (Phi) is 7.31. The van der Waals surface area contributed by atoms with E-state index in [-0.39, 0.29) is 5.91 Å². The number of piperazine rings is 1. The van der Waals surface area contributed by atoms with Crippen molar-refractivity contribution in [2.75, 3.05) is 51.7 Å². The maximum absolute atomic E-state index is 12.3. The molecule has 0 unspecified atom stereocenters. The molecular formula is C22H29ClN4O. The highest BCUT2D eigenvalue weighted by Gasteiger charge is 2.19. The van der Waals surface area contributed by atoms with Crippen LogP contribution in [0.1, 0.15) is 11.1 Å². The summed E-state index contributed by atoms with van der Waals surface area (Å²) in [4.78, 5) is 19.0. The van der Waals surface area contributed by atoms with Crippen molar-refractivity contribution in [1.82, 2.24) is 15.1 Å². The van der Waals surface area contributed by atoms with Crippen molar-refractivity contribution >= 4 is 23.2 Å². The summed E-state index contributed by atoms with van der Waals surface area (Å²) in [6.45, 7) is 5.68. The second-order valence-corrected chi connectivity index (χ2v) is 7.96. The summed E-state index contributed by atoms with van der Waals surface area (Å²) in [6.07, 6.45) is 0. The fraction of sp³-hybridized carbons (Fsp3) is 0.409. The quantitative estimate of drug-likeness (QED) is 0.775. The molecule has 0 saturated carbocycles. The van der Waals surface area contributed by atoms with Crippen LogP contribution >= 0.6 is 11.6 Å². The van der Waals surface area contributed by atoms with Crippen LogP contribution in [0, 0.1) is 0 Å². The van der Waals surface area contributed by atoms with Gasteiger partial charge in [-0.2, -0.15) is 0 Å². The highest BCUT2D eigenvalue weighted by Crippen LogP contribution is 2.14. The summed E-state index contributed by atoms with van der Waals surface area (Å²) >= 11 is 6.07. The molecule has 28 heavy (non-hydrogen) atoms. The van der Waals surface area contributed by atoms with Crippen molar-refractivity contribution < 1.29 is 4.79 Å². The van der Waals surface area contributed by atoms with E-state index in [0.29, 0.717) is 13.1 Å². The van der Waals surface area contributed by atoms with Gasteiger partial charge in [0.15, 0.2) is 0 Å². The third-order valence-electron chi connectivity index (χ3n) is 5.07. The maximum atomic E-state index is 12.3. The first-order valence-corrected chi connectivity index (χ1v) is 10.1. The molecule has 0 spiro atoms. The number of carbonyl (C=O) groups excluding carboxylic acids is 1. The first kappa shape index (κ1) is 20.6. The molecule has 1 amide bonds. The Morgan fingerprint density at radius 3 is 2.32 bits per heavy atom. The minimum Gasteiger partial charge on any atom is -0.378 e. The lowest BCUT2D eigenvalue weighted by Gasteiger charge is -2.34. The second-order valence-electron chi connectivity index (χ2n) is 7.52. The van der Waals surface area contributed by atoms with Crippen LogP contribution in [0.25, 0.3) is 0 Å². The molecule has 1 N–H and O–H groups in total.